The molecule has 4 aliphatic rings. The molecule has 1 unspecified atom stereocenters. The summed E-state index contributed by atoms with van der Waals surface area (Å²) in [6.07, 6.45) is 11.2. The van der Waals surface area contributed by atoms with Gasteiger partial charge in [0, 0.05) is 12.4 Å². The second-order valence-electron chi connectivity index (χ2n) is 7.38. The lowest BCUT2D eigenvalue weighted by Crippen LogP contribution is -2.50. The topological polar surface area (TPSA) is 50.9 Å². The summed E-state index contributed by atoms with van der Waals surface area (Å²) in [4.78, 5) is 4.33. The van der Waals surface area contributed by atoms with Crippen LogP contribution in [-0.2, 0) is 0 Å². The van der Waals surface area contributed by atoms with E-state index in [1.807, 2.05) is 12.4 Å². The third-order valence-electron chi connectivity index (χ3n) is 6.28. The van der Waals surface area contributed by atoms with E-state index in [-0.39, 0.29) is 0 Å². The third-order valence-corrected chi connectivity index (χ3v) is 6.28. The van der Waals surface area contributed by atoms with E-state index in [1.54, 1.807) is 0 Å². The number of aryl methyl sites for hydroxylation is 1. The standard InChI is InChI=1S/C17H25N3/c1-10-2-3-19-9-15(10)17(20-18)16-13-5-11-4-12(7-13)8-14(16)6-11/h2-3,9,11-14,16-17,20H,4-8,18H2,1H3. The molecule has 5 rings (SSSR count). The van der Waals surface area contributed by atoms with Crippen LogP contribution in [0.2, 0.25) is 0 Å². The summed E-state index contributed by atoms with van der Waals surface area (Å²) in [5, 5.41) is 0. The van der Waals surface area contributed by atoms with Crippen molar-refractivity contribution in [2.45, 2.75) is 45.1 Å². The smallest absolute Gasteiger partial charge is 0.0511 e. The minimum atomic E-state index is 0.290. The van der Waals surface area contributed by atoms with E-state index in [0.717, 1.165) is 29.6 Å². The molecular weight excluding hydrogens is 246 g/mol. The summed E-state index contributed by atoms with van der Waals surface area (Å²) in [5.41, 5.74) is 5.78. The van der Waals surface area contributed by atoms with Crippen molar-refractivity contribution in [3.8, 4) is 0 Å². The Hall–Kier alpha value is -0.930. The molecule has 1 heterocycles. The number of rotatable bonds is 3. The number of hydrazine groups is 1. The van der Waals surface area contributed by atoms with Crippen molar-refractivity contribution in [2.75, 3.05) is 0 Å². The summed E-state index contributed by atoms with van der Waals surface area (Å²) in [6.45, 7) is 2.18. The predicted octanol–water partition coefficient (Wildman–Crippen LogP) is 2.97. The maximum absolute atomic E-state index is 5.98. The van der Waals surface area contributed by atoms with Gasteiger partial charge in [-0.15, -0.1) is 0 Å². The molecule has 3 nitrogen and oxygen atoms in total. The van der Waals surface area contributed by atoms with E-state index < -0.39 is 0 Å². The Labute approximate surface area is 121 Å². The van der Waals surface area contributed by atoms with Crippen LogP contribution in [0.4, 0.5) is 0 Å². The fourth-order valence-corrected chi connectivity index (χ4v) is 5.72. The van der Waals surface area contributed by atoms with Gasteiger partial charge in [-0.2, -0.15) is 0 Å². The Bertz CT molecular complexity index is 471. The van der Waals surface area contributed by atoms with Crippen LogP contribution < -0.4 is 11.3 Å². The van der Waals surface area contributed by atoms with Gasteiger partial charge in [0.1, 0.15) is 0 Å². The van der Waals surface area contributed by atoms with Gasteiger partial charge in [-0.3, -0.25) is 16.3 Å². The largest absolute Gasteiger partial charge is 0.271 e. The Morgan fingerprint density at radius 2 is 1.80 bits per heavy atom. The number of aromatic nitrogens is 1. The van der Waals surface area contributed by atoms with E-state index in [1.165, 1.54) is 43.2 Å². The molecule has 4 aliphatic carbocycles. The van der Waals surface area contributed by atoms with Gasteiger partial charge in [0.05, 0.1) is 6.04 Å². The Morgan fingerprint density at radius 3 is 2.35 bits per heavy atom. The maximum Gasteiger partial charge on any atom is 0.0511 e. The molecule has 0 aliphatic heterocycles. The van der Waals surface area contributed by atoms with Crippen LogP contribution in [0.5, 0.6) is 0 Å². The first-order chi connectivity index (χ1) is 9.76. The zero-order chi connectivity index (χ0) is 13.7. The molecule has 3 N–H and O–H groups in total. The first-order valence-corrected chi connectivity index (χ1v) is 8.13. The van der Waals surface area contributed by atoms with Gasteiger partial charge in [0.15, 0.2) is 0 Å². The molecule has 0 spiro atoms. The summed E-state index contributed by atoms with van der Waals surface area (Å²) in [7, 11) is 0. The van der Waals surface area contributed by atoms with Gasteiger partial charge in [0.25, 0.3) is 0 Å². The third kappa shape index (κ3) is 1.91. The highest BCUT2D eigenvalue weighted by Gasteiger charge is 2.50. The van der Waals surface area contributed by atoms with E-state index in [4.69, 9.17) is 5.84 Å². The number of nitrogens with two attached hydrogens (primary N) is 1. The lowest BCUT2D eigenvalue weighted by molar-refractivity contribution is -0.0527. The fraction of sp³-hybridized carbons (Fsp3) is 0.706. The SMILES string of the molecule is Cc1ccncc1C(NN)C1C2CC3CC(C2)CC1C3. The van der Waals surface area contributed by atoms with Crippen LogP contribution in [0.1, 0.15) is 49.3 Å². The molecule has 1 aromatic heterocycles. The average Bonchev–Trinajstić information content (AvgIpc) is 2.43. The molecule has 4 fully saturated rings. The Kier molecular flexibility index (Phi) is 3.08. The second kappa shape index (κ2) is 4.81. The summed E-state index contributed by atoms with van der Waals surface area (Å²) < 4.78 is 0. The normalized spacial score (nSPS) is 40.0. The van der Waals surface area contributed by atoms with Crippen molar-refractivity contribution in [1.29, 1.82) is 0 Å². The van der Waals surface area contributed by atoms with E-state index >= 15 is 0 Å². The number of nitrogens with one attached hydrogen (secondary N) is 1. The highest BCUT2D eigenvalue weighted by atomic mass is 15.2. The zero-order valence-corrected chi connectivity index (χ0v) is 12.3. The van der Waals surface area contributed by atoms with Gasteiger partial charge in [0.2, 0.25) is 0 Å². The first kappa shape index (κ1) is 12.8. The van der Waals surface area contributed by atoms with Crippen LogP contribution in [0.25, 0.3) is 0 Å². The molecule has 0 saturated heterocycles. The van der Waals surface area contributed by atoms with Crippen molar-refractivity contribution < 1.29 is 0 Å². The van der Waals surface area contributed by atoms with Gasteiger partial charge in [-0.25, -0.2) is 0 Å². The molecular formula is C17H25N3. The monoisotopic (exact) mass is 271 g/mol. The van der Waals surface area contributed by atoms with Crippen molar-refractivity contribution in [3.05, 3.63) is 29.6 Å². The lowest BCUT2D eigenvalue weighted by Gasteiger charge is -2.56. The van der Waals surface area contributed by atoms with Crippen LogP contribution in [0.3, 0.4) is 0 Å². The lowest BCUT2D eigenvalue weighted by atomic mass is 9.50. The van der Waals surface area contributed by atoms with Gasteiger partial charge < -0.3 is 0 Å². The molecule has 0 radical (unpaired) electrons. The molecule has 4 saturated carbocycles. The molecule has 0 aromatic carbocycles. The van der Waals surface area contributed by atoms with Crippen molar-refractivity contribution in [2.24, 2.45) is 35.4 Å². The molecule has 4 bridgehead atoms. The van der Waals surface area contributed by atoms with Gasteiger partial charge in [-0.1, -0.05) is 0 Å². The molecule has 108 valence electrons. The Balaban J connectivity index is 1.67. The van der Waals surface area contributed by atoms with Crippen LogP contribution in [-0.4, -0.2) is 4.98 Å². The van der Waals surface area contributed by atoms with Crippen LogP contribution in [0.15, 0.2) is 18.5 Å². The summed E-state index contributed by atoms with van der Waals surface area (Å²) in [6, 6.07) is 2.40. The van der Waals surface area contributed by atoms with Crippen LogP contribution >= 0.6 is 0 Å². The maximum atomic E-state index is 5.98. The van der Waals surface area contributed by atoms with Gasteiger partial charge in [-0.05, 0) is 85.8 Å². The molecule has 20 heavy (non-hydrogen) atoms. The number of hydrogen-bond donors (Lipinski definition) is 2. The van der Waals surface area contributed by atoms with Gasteiger partial charge >= 0.3 is 0 Å². The molecule has 1 atom stereocenters. The summed E-state index contributed by atoms with van der Waals surface area (Å²) in [5.74, 6) is 10.5. The number of nitrogens with zero attached hydrogens (tertiary/aromatic N) is 1. The average molecular weight is 271 g/mol. The Morgan fingerprint density at radius 1 is 1.15 bits per heavy atom. The minimum absolute atomic E-state index is 0.290. The summed E-state index contributed by atoms with van der Waals surface area (Å²) >= 11 is 0. The van der Waals surface area contributed by atoms with E-state index in [0.29, 0.717) is 6.04 Å². The van der Waals surface area contributed by atoms with E-state index in [9.17, 15) is 0 Å². The first-order valence-electron chi connectivity index (χ1n) is 8.13. The number of hydrogen-bond acceptors (Lipinski definition) is 3. The van der Waals surface area contributed by atoms with E-state index in [2.05, 4.69) is 23.4 Å². The highest BCUT2D eigenvalue weighted by molar-refractivity contribution is 5.26. The van der Waals surface area contributed by atoms with Crippen LogP contribution in [0, 0.1) is 36.5 Å². The molecule has 1 aromatic rings. The quantitative estimate of drug-likeness (QED) is 0.656. The fourth-order valence-electron chi connectivity index (χ4n) is 5.72. The highest BCUT2D eigenvalue weighted by Crippen LogP contribution is 2.59. The predicted molar refractivity (Wildman–Crippen MR) is 79.6 cm³/mol. The molecule has 0 amide bonds. The second-order valence-corrected chi connectivity index (χ2v) is 7.38. The minimum Gasteiger partial charge on any atom is -0.271 e. The zero-order valence-electron chi connectivity index (χ0n) is 12.3. The van der Waals surface area contributed by atoms with Crippen molar-refractivity contribution in [3.63, 3.8) is 0 Å². The van der Waals surface area contributed by atoms with Crippen molar-refractivity contribution >= 4 is 0 Å². The number of pyridine rings is 1. The van der Waals surface area contributed by atoms with Crippen molar-refractivity contribution in [1.82, 2.24) is 10.4 Å². The molecule has 3 heteroatoms.